The summed E-state index contributed by atoms with van der Waals surface area (Å²) in [6.45, 7) is 4.93. The summed E-state index contributed by atoms with van der Waals surface area (Å²) in [7, 11) is 0. The van der Waals surface area contributed by atoms with Gasteiger partial charge in [-0.15, -0.1) is 0 Å². The zero-order chi connectivity index (χ0) is 18.9. The van der Waals surface area contributed by atoms with Gasteiger partial charge in [-0.05, 0) is 36.2 Å². The van der Waals surface area contributed by atoms with Crippen LogP contribution >= 0.6 is 0 Å². The van der Waals surface area contributed by atoms with E-state index in [9.17, 15) is 14.7 Å². The first-order chi connectivity index (χ1) is 12.5. The highest BCUT2D eigenvalue weighted by Crippen LogP contribution is 2.21. The summed E-state index contributed by atoms with van der Waals surface area (Å²) in [4.78, 5) is 23.0. The summed E-state index contributed by atoms with van der Waals surface area (Å²) in [5.41, 5.74) is 2.03. The Hall–Kier alpha value is -3.02. The van der Waals surface area contributed by atoms with Gasteiger partial charge in [0.05, 0.1) is 11.3 Å². The zero-order valence-electron chi connectivity index (χ0n) is 15.0. The molecule has 3 N–H and O–H groups in total. The van der Waals surface area contributed by atoms with E-state index in [1.54, 1.807) is 19.1 Å². The van der Waals surface area contributed by atoms with Crippen LogP contribution in [0.5, 0.6) is 5.75 Å². The Kier molecular flexibility index (Phi) is 7.02. The fourth-order valence-corrected chi connectivity index (χ4v) is 2.34. The van der Waals surface area contributed by atoms with Crippen LogP contribution in [0.15, 0.2) is 42.5 Å². The first-order valence-electron chi connectivity index (χ1n) is 8.66. The van der Waals surface area contributed by atoms with Crippen molar-refractivity contribution in [3.8, 4) is 5.75 Å². The lowest BCUT2D eigenvalue weighted by Gasteiger charge is -2.12. The minimum Gasteiger partial charge on any atom is -0.489 e. The summed E-state index contributed by atoms with van der Waals surface area (Å²) in [6.07, 6.45) is 1.32. The van der Waals surface area contributed by atoms with E-state index < -0.39 is 5.97 Å². The van der Waals surface area contributed by atoms with Gasteiger partial charge in [0.2, 0.25) is 5.91 Å². The van der Waals surface area contributed by atoms with Crippen LogP contribution in [0.4, 0.5) is 11.4 Å². The number of carbonyl (C=O) groups is 2. The van der Waals surface area contributed by atoms with Crippen molar-refractivity contribution in [1.82, 2.24) is 0 Å². The molecule has 2 aromatic carbocycles. The van der Waals surface area contributed by atoms with Crippen LogP contribution in [0.3, 0.4) is 0 Å². The van der Waals surface area contributed by atoms with Gasteiger partial charge in [0.25, 0.3) is 0 Å². The molecule has 2 aromatic rings. The SMILES string of the molecule is CCCNc1cccc(OCc2ccc(NC(=O)CC)c(C(=O)O)c2)c1. The number of carbonyl (C=O) groups excluding carboxylic acids is 1. The van der Waals surface area contributed by atoms with Gasteiger partial charge in [0.1, 0.15) is 12.4 Å². The Balaban J connectivity index is 2.09. The van der Waals surface area contributed by atoms with E-state index in [1.165, 1.54) is 6.07 Å². The van der Waals surface area contributed by atoms with Gasteiger partial charge >= 0.3 is 5.97 Å². The Labute approximate surface area is 153 Å². The second kappa shape index (κ2) is 9.46. The normalized spacial score (nSPS) is 10.2. The van der Waals surface area contributed by atoms with Gasteiger partial charge in [-0.3, -0.25) is 4.79 Å². The molecule has 0 radical (unpaired) electrons. The predicted octanol–water partition coefficient (Wildman–Crippen LogP) is 4.13. The molecule has 0 bridgehead atoms. The highest BCUT2D eigenvalue weighted by atomic mass is 16.5. The van der Waals surface area contributed by atoms with Gasteiger partial charge in [0, 0.05) is 24.7 Å². The zero-order valence-corrected chi connectivity index (χ0v) is 15.0. The molecular formula is C20H24N2O4. The Morgan fingerprint density at radius 2 is 1.92 bits per heavy atom. The molecule has 0 saturated carbocycles. The van der Waals surface area contributed by atoms with Crippen molar-refractivity contribution in [2.75, 3.05) is 17.2 Å². The van der Waals surface area contributed by atoms with E-state index >= 15 is 0 Å². The summed E-state index contributed by atoms with van der Waals surface area (Å²) in [5.74, 6) is -0.622. The van der Waals surface area contributed by atoms with Gasteiger partial charge in [-0.1, -0.05) is 26.0 Å². The van der Waals surface area contributed by atoms with Crippen LogP contribution in [-0.4, -0.2) is 23.5 Å². The van der Waals surface area contributed by atoms with Crippen molar-refractivity contribution in [2.24, 2.45) is 0 Å². The molecule has 0 fully saturated rings. The van der Waals surface area contributed by atoms with Crippen molar-refractivity contribution in [1.29, 1.82) is 0 Å². The third-order valence-corrected chi connectivity index (χ3v) is 3.73. The van der Waals surface area contributed by atoms with Gasteiger partial charge in [0.15, 0.2) is 0 Å². The quantitative estimate of drug-likeness (QED) is 0.629. The van der Waals surface area contributed by atoms with E-state index in [0.29, 0.717) is 17.0 Å². The average Bonchev–Trinajstić information content (AvgIpc) is 2.65. The topological polar surface area (TPSA) is 87.7 Å². The van der Waals surface area contributed by atoms with Crippen LogP contribution in [0.25, 0.3) is 0 Å². The maximum atomic E-state index is 11.5. The van der Waals surface area contributed by atoms with Crippen molar-refractivity contribution >= 4 is 23.3 Å². The highest BCUT2D eigenvalue weighted by Gasteiger charge is 2.13. The van der Waals surface area contributed by atoms with Crippen molar-refractivity contribution in [3.05, 3.63) is 53.6 Å². The fourth-order valence-electron chi connectivity index (χ4n) is 2.34. The number of hydrogen-bond donors (Lipinski definition) is 3. The van der Waals surface area contributed by atoms with Crippen LogP contribution < -0.4 is 15.4 Å². The van der Waals surface area contributed by atoms with Crippen LogP contribution in [0.2, 0.25) is 0 Å². The molecule has 0 atom stereocenters. The molecule has 26 heavy (non-hydrogen) atoms. The van der Waals surface area contributed by atoms with Crippen molar-refractivity contribution in [3.63, 3.8) is 0 Å². The number of amides is 1. The number of aromatic carboxylic acids is 1. The van der Waals surface area contributed by atoms with E-state index in [2.05, 4.69) is 17.6 Å². The molecule has 6 nitrogen and oxygen atoms in total. The number of carboxylic acid groups (broad SMARTS) is 1. The standard InChI is InChI=1S/C20H24N2O4/c1-3-10-21-15-6-5-7-16(12-15)26-13-14-8-9-18(22-19(23)4-2)17(11-14)20(24)25/h5-9,11-12,21H,3-4,10,13H2,1-2H3,(H,22,23)(H,24,25). The predicted molar refractivity (Wildman–Crippen MR) is 102 cm³/mol. The summed E-state index contributed by atoms with van der Waals surface area (Å²) in [6, 6.07) is 12.5. The largest absolute Gasteiger partial charge is 0.489 e. The first kappa shape index (κ1) is 19.3. The maximum Gasteiger partial charge on any atom is 0.337 e. The minimum atomic E-state index is -1.09. The number of nitrogens with one attached hydrogen (secondary N) is 2. The van der Waals surface area contributed by atoms with Crippen LogP contribution in [0, 0.1) is 0 Å². The number of hydrogen-bond acceptors (Lipinski definition) is 4. The smallest absolute Gasteiger partial charge is 0.337 e. The van der Waals surface area contributed by atoms with Gasteiger partial charge in [-0.25, -0.2) is 4.79 Å². The number of carboxylic acids is 1. The number of anilines is 2. The third kappa shape index (κ3) is 5.51. The minimum absolute atomic E-state index is 0.0475. The van der Waals surface area contributed by atoms with Crippen molar-refractivity contribution < 1.29 is 19.4 Å². The molecule has 2 rings (SSSR count). The van der Waals surface area contributed by atoms with E-state index in [-0.39, 0.29) is 24.5 Å². The van der Waals surface area contributed by atoms with E-state index in [0.717, 1.165) is 18.7 Å². The number of rotatable bonds is 9. The van der Waals surface area contributed by atoms with E-state index in [4.69, 9.17) is 4.74 Å². The molecule has 0 saturated heterocycles. The fraction of sp³-hybridized carbons (Fsp3) is 0.300. The summed E-state index contributed by atoms with van der Waals surface area (Å²) >= 11 is 0. The average molecular weight is 356 g/mol. The number of ether oxygens (including phenoxy) is 1. The van der Waals surface area contributed by atoms with Gasteiger partial charge < -0.3 is 20.5 Å². The Bertz CT molecular complexity index is 774. The second-order valence-electron chi connectivity index (χ2n) is 5.83. The summed E-state index contributed by atoms with van der Waals surface area (Å²) in [5, 5.41) is 15.3. The monoisotopic (exact) mass is 356 g/mol. The maximum absolute atomic E-state index is 11.5. The van der Waals surface area contributed by atoms with Crippen LogP contribution in [-0.2, 0) is 11.4 Å². The first-order valence-corrected chi connectivity index (χ1v) is 8.66. The lowest BCUT2D eigenvalue weighted by molar-refractivity contribution is -0.115. The molecule has 1 amide bonds. The molecule has 0 aliphatic rings. The lowest BCUT2D eigenvalue weighted by atomic mass is 10.1. The Morgan fingerprint density at radius 3 is 2.62 bits per heavy atom. The molecule has 138 valence electrons. The second-order valence-corrected chi connectivity index (χ2v) is 5.83. The third-order valence-electron chi connectivity index (χ3n) is 3.73. The highest BCUT2D eigenvalue weighted by molar-refractivity contribution is 6.00. The molecule has 0 aromatic heterocycles. The molecule has 0 spiro atoms. The van der Waals surface area contributed by atoms with Crippen LogP contribution in [0.1, 0.15) is 42.6 Å². The molecule has 0 unspecified atom stereocenters. The molecular weight excluding hydrogens is 332 g/mol. The number of benzene rings is 2. The molecule has 0 heterocycles. The molecule has 6 heteroatoms. The van der Waals surface area contributed by atoms with Crippen molar-refractivity contribution in [2.45, 2.75) is 33.3 Å². The Morgan fingerprint density at radius 1 is 1.12 bits per heavy atom. The lowest BCUT2D eigenvalue weighted by Crippen LogP contribution is -2.13. The van der Waals surface area contributed by atoms with E-state index in [1.807, 2.05) is 24.3 Å². The molecule has 0 aliphatic carbocycles. The van der Waals surface area contributed by atoms with Gasteiger partial charge in [-0.2, -0.15) is 0 Å². The molecule has 0 aliphatic heterocycles. The summed E-state index contributed by atoms with van der Waals surface area (Å²) < 4.78 is 5.77.